The van der Waals surface area contributed by atoms with Crippen molar-refractivity contribution in [3.63, 3.8) is 0 Å². The van der Waals surface area contributed by atoms with Gasteiger partial charge >= 0.3 is 0 Å². The Balaban J connectivity index is 1.21. The van der Waals surface area contributed by atoms with Gasteiger partial charge in [0, 0.05) is 17.9 Å². The minimum absolute atomic E-state index is 0.139. The maximum Gasteiger partial charge on any atom is 0.265 e. The van der Waals surface area contributed by atoms with E-state index in [1.165, 1.54) is 34.4 Å². The maximum absolute atomic E-state index is 12.3. The van der Waals surface area contributed by atoms with E-state index in [1.54, 1.807) is 30.3 Å². The number of hydrogen-bond acceptors (Lipinski definition) is 8. The Morgan fingerprint density at radius 1 is 0.875 bits per heavy atom. The molecule has 7 nitrogen and oxygen atoms in total. The molecule has 2 amide bonds. The summed E-state index contributed by atoms with van der Waals surface area (Å²) in [5, 5.41) is 19.7. The van der Waals surface area contributed by atoms with Crippen LogP contribution < -0.4 is 16.0 Å². The highest BCUT2D eigenvalue weighted by atomic mass is 32.2. The van der Waals surface area contributed by atoms with Gasteiger partial charge in [-0.1, -0.05) is 59.5 Å². The SMILES string of the molecule is O=C(CSc1nnc(NCc2ccccc2)s1)Nc1ccc(NC(=O)c2cccs2)cc1. The van der Waals surface area contributed by atoms with E-state index in [0.29, 0.717) is 22.8 Å². The Morgan fingerprint density at radius 2 is 1.62 bits per heavy atom. The van der Waals surface area contributed by atoms with Gasteiger partial charge in [-0.25, -0.2) is 0 Å². The lowest BCUT2D eigenvalue weighted by atomic mass is 10.2. The van der Waals surface area contributed by atoms with E-state index in [9.17, 15) is 9.59 Å². The monoisotopic (exact) mass is 481 g/mol. The van der Waals surface area contributed by atoms with Crippen LogP contribution in [0, 0.1) is 0 Å². The van der Waals surface area contributed by atoms with Crippen molar-refractivity contribution < 1.29 is 9.59 Å². The van der Waals surface area contributed by atoms with Gasteiger partial charge in [0.15, 0.2) is 4.34 Å². The van der Waals surface area contributed by atoms with E-state index in [4.69, 9.17) is 0 Å². The number of amides is 2. The van der Waals surface area contributed by atoms with Gasteiger partial charge in [-0.05, 0) is 41.3 Å². The number of aromatic nitrogens is 2. The van der Waals surface area contributed by atoms with E-state index in [1.807, 2.05) is 41.8 Å². The van der Waals surface area contributed by atoms with Crippen molar-refractivity contribution in [2.45, 2.75) is 10.9 Å². The molecule has 4 aromatic rings. The average molecular weight is 482 g/mol. The number of nitrogens with one attached hydrogen (secondary N) is 3. The molecular weight excluding hydrogens is 462 g/mol. The number of carbonyl (C=O) groups is 2. The zero-order valence-corrected chi connectivity index (χ0v) is 19.2. The molecule has 2 heterocycles. The molecule has 4 rings (SSSR count). The molecular formula is C22H19N5O2S3. The van der Waals surface area contributed by atoms with E-state index >= 15 is 0 Å². The molecule has 0 bridgehead atoms. The van der Waals surface area contributed by atoms with Crippen molar-refractivity contribution in [2.24, 2.45) is 0 Å². The third kappa shape index (κ3) is 6.39. The number of hydrogen-bond donors (Lipinski definition) is 3. The van der Waals surface area contributed by atoms with Gasteiger partial charge in [0.1, 0.15) is 0 Å². The van der Waals surface area contributed by atoms with Crippen LogP contribution in [0.5, 0.6) is 0 Å². The smallest absolute Gasteiger partial charge is 0.265 e. The van der Waals surface area contributed by atoms with Gasteiger partial charge in [-0.2, -0.15) is 0 Å². The fourth-order valence-corrected chi connectivity index (χ4v) is 4.84. The van der Waals surface area contributed by atoms with Crippen LogP contribution in [-0.4, -0.2) is 27.8 Å². The first-order valence-electron chi connectivity index (χ1n) is 9.64. The molecule has 2 aromatic heterocycles. The molecule has 0 spiro atoms. The van der Waals surface area contributed by atoms with Crippen molar-refractivity contribution in [3.05, 3.63) is 82.6 Å². The van der Waals surface area contributed by atoms with Gasteiger partial charge in [0.25, 0.3) is 5.91 Å². The van der Waals surface area contributed by atoms with Crippen LogP contribution in [0.4, 0.5) is 16.5 Å². The lowest BCUT2D eigenvalue weighted by molar-refractivity contribution is -0.113. The van der Waals surface area contributed by atoms with Crippen molar-refractivity contribution in [1.29, 1.82) is 0 Å². The molecule has 0 aliphatic rings. The van der Waals surface area contributed by atoms with E-state index in [-0.39, 0.29) is 17.6 Å². The molecule has 0 radical (unpaired) electrons. The lowest BCUT2D eigenvalue weighted by Gasteiger charge is -2.07. The van der Waals surface area contributed by atoms with Gasteiger partial charge in [0.2, 0.25) is 11.0 Å². The van der Waals surface area contributed by atoms with Crippen LogP contribution in [0.3, 0.4) is 0 Å². The molecule has 0 aliphatic heterocycles. The van der Waals surface area contributed by atoms with Gasteiger partial charge in [0.05, 0.1) is 10.6 Å². The van der Waals surface area contributed by atoms with Gasteiger partial charge in [-0.3, -0.25) is 9.59 Å². The molecule has 162 valence electrons. The van der Waals surface area contributed by atoms with Crippen molar-refractivity contribution in [3.8, 4) is 0 Å². The first-order valence-corrected chi connectivity index (χ1v) is 12.3. The van der Waals surface area contributed by atoms with Crippen molar-refractivity contribution in [2.75, 3.05) is 21.7 Å². The summed E-state index contributed by atoms with van der Waals surface area (Å²) in [6.45, 7) is 0.671. The largest absolute Gasteiger partial charge is 0.356 e. The summed E-state index contributed by atoms with van der Waals surface area (Å²) in [7, 11) is 0. The first-order chi connectivity index (χ1) is 15.7. The van der Waals surface area contributed by atoms with Crippen LogP contribution in [0.25, 0.3) is 0 Å². The van der Waals surface area contributed by atoms with Crippen molar-refractivity contribution in [1.82, 2.24) is 10.2 Å². The summed E-state index contributed by atoms with van der Waals surface area (Å²) < 4.78 is 0.724. The fraction of sp³-hybridized carbons (Fsp3) is 0.0909. The number of thioether (sulfide) groups is 1. The minimum atomic E-state index is -0.150. The Kier molecular flexibility index (Phi) is 7.49. The summed E-state index contributed by atoms with van der Waals surface area (Å²) in [4.78, 5) is 25.0. The summed E-state index contributed by atoms with van der Waals surface area (Å²) in [5.41, 5.74) is 2.49. The number of thiophene rings is 1. The molecule has 10 heteroatoms. The number of nitrogens with zero attached hydrogens (tertiary/aromatic N) is 2. The third-order valence-electron chi connectivity index (χ3n) is 4.19. The fourth-order valence-electron chi connectivity index (χ4n) is 2.67. The molecule has 0 atom stereocenters. The summed E-state index contributed by atoms with van der Waals surface area (Å²) >= 11 is 4.14. The second kappa shape index (κ2) is 10.9. The third-order valence-corrected chi connectivity index (χ3v) is 7.07. The zero-order valence-electron chi connectivity index (χ0n) is 16.8. The Morgan fingerprint density at radius 3 is 2.34 bits per heavy atom. The Bertz CT molecular complexity index is 1160. The predicted molar refractivity (Wildman–Crippen MR) is 132 cm³/mol. The highest BCUT2D eigenvalue weighted by Crippen LogP contribution is 2.26. The second-order valence-electron chi connectivity index (χ2n) is 6.56. The molecule has 3 N–H and O–H groups in total. The van der Waals surface area contributed by atoms with Gasteiger partial charge < -0.3 is 16.0 Å². The van der Waals surface area contributed by atoms with E-state index in [2.05, 4.69) is 26.1 Å². The first kappa shape index (κ1) is 22.0. The molecule has 0 unspecified atom stereocenters. The lowest BCUT2D eigenvalue weighted by Crippen LogP contribution is -2.14. The topological polar surface area (TPSA) is 96.0 Å². The zero-order chi connectivity index (χ0) is 22.2. The van der Waals surface area contributed by atoms with Crippen molar-refractivity contribution >= 4 is 62.8 Å². The number of carbonyl (C=O) groups excluding carboxylic acids is 2. The molecule has 32 heavy (non-hydrogen) atoms. The highest BCUT2D eigenvalue weighted by Gasteiger charge is 2.10. The van der Waals surface area contributed by atoms with E-state index in [0.717, 1.165) is 15.0 Å². The summed E-state index contributed by atoms with van der Waals surface area (Å²) in [5.74, 6) is -0.0632. The van der Waals surface area contributed by atoms with Crippen LogP contribution in [0.1, 0.15) is 15.2 Å². The highest BCUT2D eigenvalue weighted by molar-refractivity contribution is 8.01. The minimum Gasteiger partial charge on any atom is -0.356 e. The normalized spacial score (nSPS) is 10.5. The summed E-state index contributed by atoms with van der Waals surface area (Å²) in [6.07, 6.45) is 0. The van der Waals surface area contributed by atoms with Crippen LogP contribution in [-0.2, 0) is 11.3 Å². The second-order valence-corrected chi connectivity index (χ2v) is 9.71. The standard InChI is InChI=1S/C22H19N5O2S3/c28-19(14-31-22-27-26-21(32-22)23-13-15-5-2-1-3-6-15)24-16-8-10-17(11-9-16)25-20(29)18-7-4-12-30-18/h1-12H,13-14H2,(H,23,26)(H,24,28)(H,25,29). The molecule has 0 fully saturated rings. The van der Waals surface area contributed by atoms with Crippen LogP contribution in [0.15, 0.2) is 76.4 Å². The molecule has 0 aliphatic carbocycles. The predicted octanol–water partition coefficient (Wildman–Crippen LogP) is 5.19. The van der Waals surface area contributed by atoms with Gasteiger partial charge in [-0.15, -0.1) is 21.5 Å². The van der Waals surface area contributed by atoms with Crippen LogP contribution >= 0.6 is 34.4 Å². The number of anilines is 3. The maximum atomic E-state index is 12.3. The Labute approximate surface area is 197 Å². The summed E-state index contributed by atoms with van der Waals surface area (Å²) in [6, 6.07) is 20.7. The Hall–Kier alpha value is -3.21. The molecule has 0 saturated carbocycles. The quantitative estimate of drug-likeness (QED) is 0.285. The van der Waals surface area contributed by atoms with E-state index < -0.39 is 0 Å². The average Bonchev–Trinajstić information content (AvgIpc) is 3.51. The number of rotatable bonds is 9. The molecule has 2 aromatic carbocycles. The number of benzene rings is 2. The van der Waals surface area contributed by atoms with Crippen LogP contribution in [0.2, 0.25) is 0 Å². The molecule has 0 saturated heterocycles.